The molecule has 0 heterocycles. The summed E-state index contributed by atoms with van der Waals surface area (Å²) in [6, 6.07) is 25.4. The number of hydrogen-bond donors (Lipinski definition) is 6. The molecule has 45 heavy (non-hydrogen) atoms. The van der Waals surface area contributed by atoms with Crippen molar-refractivity contribution in [3.8, 4) is 17.2 Å². The van der Waals surface area contributed by atoms with Crippen molar-refractivity contribution in [1.29, 1.82) is 0 Å². The molecule has 0 saturated heterocycles. The van der Waals surface area contributed by atoms with Crippen LogP contribution in [-0.4, -0.2) is 50.1 Å². The first-order valence-corrected chi connectivity index (χ1v) is 13.6. The highest BCUT2D eigenvalue weighted by Crippen LogP contribution is 2.37. The number of rotatable bonds is 9. The minimum absolute atomic E-state index is 0.0368. The highest BCUT2D eigenvalue weighted by atomic mass is 16.3. The average molecular weight is 605 g/mol. The lowest BCUT2D eigenvalue weighted by molar-refractivity contribution is -0.533. The van der Waals surface area contributed by atoms with E-state index in [1.54, 1.807) is 48.5 Å². The highest BCUT2D eigenvalue weighted by molar-refractivity contribution is 6.06. The molecule has 0 fully saturated rings. The van der Waals surface area contributed by atoms with Gasteiger partial charge in [-0.25, -0.2) is 4.70 Å². The Labute approximate surface area is 257 Å². The van der Waals surface area contributed by atoms with Crippen molar-refractivity contribution in [1.82, 2.24) is 0 Å². The zero-order chi connectivity index (χ0) is 31.9. The van der Waals surface area contributed by atoms with Gasteiger partial charge in [0.15, 0.2) is 18.0 Å². The molecule has 5 rings (SSSR count). The number of phenols is 3. The highest BCUT2D eigenvalue weighted by Gasteiger charge is 2.13. The number of aromatic hydroxyl groups is 3. The third kappa shape index (κ3) is 7.21. The van der Waals surface area contributed by atoms with Crippen molar-refractivity contribution in [3.63, 3.8) is 0 Å². The summed E-state index contributed by atoms with van der Waals surface area (Å²) in [6.07, 6.45) is 0. The Morgan fingerprint density at radius 3 is 1.87 bits per heavy atom. The molecule has 0 aliphatic heterocycles. The molecule has 0 saturated carbocycles. The zero-order valence-corrected chi connectivity index (χ0v) is 23.8. The topological polar surface area (TPSA) is 179 Å². The van der Waals surface area contributed by atoms with E-state index in [0.29, 0.717) is 16.8 Å². The first-order valence-electron chi connectivity index (χ1n) is 13.6. The van der Waals surface area contributed by atoms with Gasteiger partial charge in [-0.1, -0.05) is 30.3 Å². The van der Waals surface area contributed by atoms with Crippen molar-refractivity contribution >= 4 is 51.0 Å². The average Bonchev–Trinajstić information content (AvgIpc) is 3.03. The number of aliphatic hydroxyl groups excluding tert-OH is 1. The smallest absolute Gasteiger partial charge is 0.255 e. The van der Waals surface area contributed by atoms with Gasteiger partial charge in [-0.2, -0.15) is 0 Å². The van der Waals surface area contributed by atoms with Crippen LogP contribution < -0.4 is 10.6 Å². The molecular formula is C33H28N6O6. The van der Waals surface area contributed by atoms with Gasteiger partial charge in [0.05, 0.1) is 0 Å². The molecule has 2 amide bonds. The summed E-state index contributed by atoms with van der Waals surface area (Å²) in [7, 11) is 3.63. The molecule has 0 radical (unpaired) electrons. The second-order valence-electron chi connectivity index (χ2n) is 9.80. The van der Waals surface area contributed by atoms with Crippen molar-refractivity contribution in [3.05, 3.63) is 115 Å². The maximum atomic E-state index is 13.0. The number of nitrogens with one attached hydrogen (secondary N) is 2. The van der Waals surface area contributed by atoms with Crippen LogP contribution in [0.25, 0.3) is 10.8 Å². The van der Waals surface area contributed by atoms with Crippen LogP contribution in [0, 0.1) is 7.05 Å². The standard InChI is InChI=1S/C33H28N6O6/c1-39(16-17-40)38-28-19-22(8-15-30(28)42)33(45)35-24-11-9-23(10-12-24)34-32(44)21-7-14-29(41)27(18-21)37-36-26-13-6-20-4-2-3-5-25(20)31(26)43/h2-15,18-19,40-43H,1,16-17H2,(H,34,44)(H,35,45). The van der Waals surface area contributed by atoms with E-state index in [9.17, 15) is 24.9 Å². The Morgan fingerprint density at radius 2 is 1.24 bits per heavy atom. The summed E-state index contributed by atoms with van der Waals surface area (Å²) in [6.45, 7) is -0.0273. The molecule has 226 valence electrons. The Morgan fingerprint density at radius 1 is 0.689 bits per heavy atom. The Hall–Kier alpha value is -6.27. The van der Waals surface area contributed by atoms with Gasteiger partial charge in [-0.05, 0) is 77.2 Å². The monoisotopic (exact) mass is 604 g/mol. The number of phenolic OH excluding ortho intramolecular Hbond substituents is 3. The predicted molar refractivity (Wildman–Crippen MR) is 168 cm³/mol. The van der Waals surface area contributed by atoms with E-state index in [1.165, 1.54) is 41.1 Å². The van der Waals surface area contributed by atoms with Gasteiger partial charge in [0.2, 0.25) is 0 Å². The lowest BCUT2D eigenvalue weighted by Gasteiger charge is -2.09. The van der Waals surface area contributed by atoms with Crippen molar-refractivity contribution in [2.24, 2.45) is 15.3 Å². The molecule has 0 atom stereocenters. The Kier molecular flexibility index (Phi) is 8.96. The predicted octanol–water partition coefficient (Wildman–Crippen LogP) is 6.76. The molecule has 0 aromatic heterocycles. The Bertz CT molecular complexity index is 1960. The fourth-order valence-electron chi connectivity index (χ4n) is 4.28. The largest absolute Gasteiger partial charge is 0.506 e. The molecular weight excluding hydrogens is 576 g/mol. The molecule has 0 aliphatic rings. The number of nitrogens with zero attached hydrogens (tertiary/aromatic N) is 4. The van der Waals surface area contributed by atoms with Crippen molar-refractivity contribution < 1.29 is 34.7 Å². The number of carbonyl (C=O) groups excluding carboxylic acids is 2. The van der Waals surface area contributed by atoms with Gasteiger partial charge in [-0.15, -0.1) is 17.3 Å². The summed E-state index contributed by atoms with van der Waals surface area (Å²) >= 11 is 0. The fourth-order valence-corrected chi connectivity index (χ4v) is 4.28. The molecule has 12 nitrogen and oxygen atoms in total. The molecule has 0 aliphatic carbocycles. The van der Waals surface area contributed by atoms with Crippen LogP contribution >= 0.6 is 0 Å². The fraction of sp³-hybridized carbons (Fsp3) is 0.0606. The second kappa shape index (κ2) is 13.4. The second-order valence-corrected chi connectivity index (χ2v) is 9.80. The van der Waals surface area contributed by atoms with E-state index in [2.05, 4.69) is 33.0 Å². The van der Waals surface area contributed by atoms with Crippen LogP contribution in [0.15, 0.2) is 112 Å². The maximum absolute atomic E-state index is 13.0. The summed E-state index contributed by atoms with van der Waals surface area (Å²) in [5.74, 6) is -1.32. The van der Waals surface area contributed by atoms with E-state index in [1.807, 2.05) is 12.1 Å². The van der Waals surface area contributed by atoms with Crippen LogP contribution in [0.5, 0.6) is 17.2 Å². The normalized spacial score (nSPS) is 11.5. The van der Waals surface area contributed by atoms with Crippen LogP contribution in [0.1, 0.15) is 20.7 Å². The Balaban J connectivity index is 1.25. The molecule has 12 heteroatoms. The van der Waals surface area contributed by atoms with Gasteiger partial charge >= 0.3 is 0 Å². The van der Waals surface area contributed by atoms with E-state index in [4.69, 9.17) is 5.11 Å². The van der Waals surface area contributed by atoms with Crippen LogP contribution in [-0.2, 0) is 0 Å². The number of azo groups is 3. The molecule has 5 aromatic carbocycles. The lowest BCUT2D eigenvalue weighted by atomic mass is 10.1. The summed E-state index contributed by atoms with van der Waals surface area (Å²) in [4.78, 5) is 25.7. The minimum Gasteiger partial charge on any atom is -0.506 e. The van der Waals surface area contributed by atoms with Gasteiger partial charge in [0.25, 0.3) is 11.8 Å². The molecule has 5 aromatic rings. The number of carbonyl (C=O) groups is 2. The van der Waals surface area contributed by atoms with E-state index in [-0.39, 0.29) is 58.6 Å². The number of aliphatic hydroxyl groups is 1. The van der Waals surface area contributed by atoms with Gasteiger partial charge < -0.3 is 31.1 Å². The molecule has 6 N–H and O–H groups in total. The lowest BCUT2D eigenvalue weighted by Crippen LogP contribution is -2.13. The van der Waals surface area contributed by atoms with Crippen molar-refractivity contribution in [2.75, 3.05) is 23.8 Å². The third-order valence-corrected chi connectivity index (χ3v) is 6.63. The van der Waals surface area contributed by atoms with Gasteiger partial charge in [0, 0.05) is 27.9 Å². The number of anilines is 2. The van der Waals surface area contributed by atoms with Crippen LogP contribution in [0.4, 0.5) is 28.4 Å². The third-order valence-electron chi connectivity index (χ3n) is 6.63. The number of benzene rings is 5. The van der Waals surface area contributed by atoms with E-state index >= 15 is 0 Å². The van der Waals surface area contributed by atoms with Gasteiger partial charge in [-0.3, -0.25) is 9.59 Å². The molecule has 0 bridgehead atoms. The molecule has 0 unspecified atom stereocenters. The van der Waals surface area contributed by atoms with Gasteiger partial charge in [0.1, 0.15) is 29.5 Å². The first-order chi connectivity index (χ1) is 21.7. The van der Waals surface area contributed by atoms with E-state index in [0.717, 1.165) is 5.39 Å². The van der Waals surface area contributed by atoms with Crippen molar-refractivity contribution in [2.45, 2.75) is 0 Å². The zero-order valence-electron chi connectivity index (χ0n) is 23.8. The number of fused-ring (bicyclic) bond motifs is 1. The van der Waals surface area contributed by atoms with Crippen LogP contribution in [0.3, 0.4) is 0 Å². The van der Waals surface area contributed by atoms with E-state index < -0.39 is 11.8 Å². The minimum atomic E-state index is -0.474. The summed E-state index contributed by atoms with van der Waals surface area (Å²) in [5, 5.41) is 59.0. The summed E-state index contributed by atoms with van der Waals surface area (Å²) < 4.78 is 1.20. The van der Waals surface area contributed by atoms with Crippen LogP contribution in [0.2, 0.25) is 0 Å². The first kappa shape index (κ1) is 30.2. The quantitative estimate of drug-likeness (QED) is 0.0615. The number of hydrogen-bond acceptors (Lipinski definition) is 9. The number of amides is 2. The summed E-state index contributed by atoms with van der Waals surface area (Å²) in [5.41, 5.74) is 1.70. The SMILES string of the molecule is [CH2-][N+](CCO)=Nc1cc(C(=O)Nc2ccc(NC(=O)c3ccc(O)c(N=Nc4ccc5ccccc5c4O)c3)cc2)ccc1O. The molecule has 0 spiro atoms. The maximum Gasteiger partial charge on any atom is 0.255 e.